The zero-order valence-corrected chi connectivity index (χ0v) is 24.3. The quantitative estimate of drug-likeness (QED) is 0.146. The first-order valence-electron chi connectivity index (χ1n) is 12.5. The van der Waals surface area contributed by atoms with Crippen LogP contribution in [0.5, 0.6) is 0 Å². The first-order chi connectivity index (χ1) is 13.9. The van der Waals surface area contributed by atoms with Crippen molar-refractivity contribution in [3.8, 4) is 0 Å². The van der Waals surface area contributed by atoms with Crippen LogP contribution in [0.25, 0.3) is 0 Å². The topological polar surface area (TPSA) is 77.4 Å². The van der Waals surface area contributed by atoms with Crippen molar-refractivity contribution in [1.82, 2.24) is 0 Å². The van der Waals surface area contributed by atoms with Gasteiger partial charge in [-0.25, -0.2) is 8.42 Å². The number of aliphatic hydroxyl groups excluding tert-OH is 1. The summed E-state index contributed by atoms with van der Waals surface area (Å²) in [7, 11) is -4.11. The molecule has 30 heavy (non-hydrogen) atoms. The summed E-state index contributed by atoms with van der Waals surface area (Å²) in [5, 5.41) is 8.84. The predicted molar refractivity (Wildman–Crippen MR) is 123 cm³/mol. The SMILES string of the molecule is CCCC(CCCCCCCCCCCCCCCCCC(O)CC)S(=O)(=O)[O-].[K+]. The van der Waals surface area contributed by atoms with Crippen LogP contribution in [0.1, 0.15) is 142 Å². The molecule has 0 saturated carbocycles. The van der Waals surface area contributed by atoms with E-state index < -0.39 is 15.4 Å². The Bertz CT molecular complexity index is 442. The van der Waals surface area contributed by atoms with Gasteiger partial charge in [0.1, 0.15) is 0 Å². The maximum absolute atomic E-state index is 11.2. The van der Waals surface area contributed by atoms with Crippen LogP contribution in [0.2, 0.25) is 0 Å². The molecule has 0 aliphatic rings. The summed E-state index contributed by atoms with van der Waals surface area (Å²) in [4.78, 5) is 0. The molecule has 0 rings (SSSR count). The maximum Gasteiger partial charge on any atom is 1.00 e. The molecule has 1 N–H and O–H groups in total. The van der Waals surface area contributed by atoms with Crippen LogP contribution < -0.4 is 51.4 Å². The van der Waals surface area contributed by atoms with Gasteiger partial charge in [-0.2, -0.15) is 0 Å². The van der Waals surface area contributed by atoms with E-state index in [1.807, 2.05) is 13.8 Å². The van der Waals surface area contributed by atoms with Crippen LogP contribution in [-0.2, 0) is 10.1 Å². The molecular weight excluding hydrogens is 423 g/mol. The smallest absolute Gasteiger partial charge is 0.748 e. The Hall–Kier alpha value is 1.51. The van der Waals surface area contributed by atoms with Gasteiger partial charge < -0.3 is 9.66 Å². The molecule has 0 fully saturated rings. The molecule has 6 heteroatoms. The monoisotopic (exact) mass is 472 g/mol. The Kier molecular flexibility index (Phi) is 26.6. The van der Waals surface area contributed by atoms with Gasteiger partial charge in [-0.05, 0) is 25.7 Å². The fraction of sp³-hybridized carbons (Fsp3) is 1.00. The van der Waals surface area contributed by atoms with Gasteiger partial charge in [-0.1, -0.05) is 117 Å². The Labute approximate surface area is 230 Å². The molecule has 2 atom stereocenters. The van der Waals surface area contributed by atoms with Gasteiger partial charge in [0.25, 0.3) is 0 Å². The van der Waals surface area contributed by atoms with Gasteiger partial charge in [-0.15, -0.1) is 0 Å². The third-order valence-corrected chi connectivity index (χ3v) is 7.34. The second-order valence-electron chi connectivity index (χ2n) is 8.85. The average molecular weight is 473 g/mol. The number of hydrogen-bond donors (Lipinski definition) is 1. The second kappa shape index (κ2) is 23.7. The second-order valence-corrected chi connectivity index (χ2v) is 10.5. The largest absolute Gasteiger partial charge is 1.00 e. The minimum Gasteiger partial charge on any atom is -0.748 e. The molecule has 0 aromatic carbocycles. The van der Waals surface area contributed by atoms with E-state index in [-0.39, 0.29) is 57.5 Å². The summed E-state index contributed by atoms with van der Waals surface area (Å²) < 4.78 is 33.5. The molecule has 0 heterocycles. The third kappa shape index (κ3) is 22.7. The third-order valence-electron chi connectivity index (χ3n) is 6.05. The Morgan fingerprint density at radius 1 is 0.633 bits per heavy atom. The molecule has 0 bridgehead atoms. The standard InChI is InChI=1S/C24H50O4S.K/c1-3-20-24(29(26,27)28)22-19-17-15-13-11-9-7-5-6-8-10-12-14-16-18-21-23(25)4-2;/h23-25H,3-22H2,1-2H3,(H,26,27,28);/q;+1/p-1. The summed E-state index contributed by atoms with van der Waals surface area (Å²) in [6, 6.07) is 0. The molecule has 0 aromatic heterocycles. The summed E-state index contributed by atoms with van der Waals surface area (Å²) in [6.07, 6.45) is 22.3. The normalized spacial score (nSPS) is 13.7. The molecule has 0 aliphatic heterocycles. The van der Waals surface area contributed by atoms with Crippen LogP contribution in [-0.4, -0.2) is 29.4 Å². The van der Waals surface area contributed by atoms with Crippen molar-refractivity contribution >= 4 is 10.1 Å². The number of aliphatic hydroxyl groups is 1. The zero-order chi connectivity index (χ0) is 21.8. The van der Waals surface area contributed by atoms with E-state index in [9.17, 15) is 18.1 Å². The van der Waals surface area contributed by atoms with Crippen LogP contribution in [0.3, 0.4) is 0 Å². The fourth-order valence-corrected chi connectivity index (χ4v) is 4.99. The van der Waals surface area contributed by atoms with Crippen molar-refractivity contribution in [2.45, 2.75) is 154 Å². The Morgan fingerprint density at radius 3 is 1.27 bits per heavy atom. The van der Waals surface area contributed by atoms with E-state index in [2.05, 4.69) is 0 Å². The van der Waals surface area contributed by atoms with Gasteiger partial charge in [0, 0.05) is 5.25 Å². The van der Waals surface area contributed by atoms with E-state index in [1.54, 1.807) is 0 Å². The number of unbranched alkanes of at least 4 members (excludes halogenated alkanes) is 14. The van der Waals surface area contributed by atoms with Crippen LogP contribution in [0.15, 0.2) is 0 Å². The Morgan fingerprint density at radius 2 is 0.967 bits per heavy atom. The summed E-state index contributed by atoms with van der Waals surface area (Å²) in [6.45, 7) is 3.98. The minimum absolute atomic E-state index is 0. The molecule has 0 saturated heterocycles. The zero-order valence-electron chi connectivity index (χ0n) is 20.4. The van der Waals surface area contributed by atoms with E-state index in [0.29, 0.717) is 12.8 Å². The number of hydrogen-bond acceptors (Lipinski definition) is 4. The van der Waals surface area contributed by atoms with Gasteiger partial charge in [0.15, 0.2) is 0 Å². The molecule has 176 valence electrons. The fourth-order valence-electron chi connectivity index (χ4n) is 4.01. The van der Waals surface area contributed by atoms with Gasteiger partial charge in [-0.3, -0.25) is 0 Å². The van der Waals surface area contributed by atoms with Gasteiger partial charge in [0.2, 0.25) is 0 Å². The Balaban J connectivity index is 0. The van der Waals surface area contributed by atoms with Crippen LogP contribution >= 0.6 is 0 Å². The molecule has 2 unspecified atom stereocenters. The molecular formula is C24H49KO4S. The van der Waals surface area contributed by atoms with Crippen molar-refractivity contribution in [2.75, 3.05) is 0 Å². The van der Waals surface area contributed by atoms with Crippen molar-refractivity contribution < 1.29 is 69.5 Å². The van der Waals surface area contributed by atoms with Crippen molar-refractivity contribution in [2.24, 2.45) is 0 Å². The number of rotatable bonds is 22. The minimum atomic E-state index is -4.11. The molecule has 4 nitrogen and oxygen atoms in total. The first kappa shape index (κ1) is 33.7. The average Bonchev–Trinajstić information content (AvgIpc) is 2.68. The van der Waals surface area contributed by atoms with Gasteiger partial charge >= 0.3 is 51.4 Å². The molecule has 0 aromatic rings. The summed E-state index contributed by atoms with van der Waals surface area (Å²) in [5.74, 6) is 0. The van der Waals surface area contributed by atoms with Crippen molar-refractivity contribution in [3.05, 3.63) is 0 Å². The predicted octanol–water partition coefficient (Wildman–Crippen LogP) is 4.11. The molecule has 0 amide bonds. The summed E-state index contributed by atoms with van der Waals surface area (Å²) in [5.41, 5.74) is 0. The van der Waals surface area contributed by atoms with E-state index in [4.69, 9.17) is 0 Å². The van der Waals surface area contributed by atoms with Crippen molar-refractivity contribution in [3.63, 3.8) is 0 Å². The van der Waals surface area contributed by atoms with Crippen LogP contribution in [0.4, 0.5) is 0 Å². The molecule has 0 spiro atoms. The maximum atomic E-state index is 11.2. The van der Waals surface area contributed by atoms with E-state index >= 15 is 0 Å². The van der Waals surface area contributed by atoms with Crippen LogP contribution in [0, 0.1) is 0 Å². The van der Waals surface area contributed by atoms with E-state index in [1.165, 1.54) is 77.0 Å². The van der Waals surface area contributed by atoms with Crippen molar-refractivity contribution in [1.29, 1.82) is 0 Å². The molecule has 0 radical (unpaired) electrons. The molecule has 0 aliphatic carbocycles. The van der Waals surface area contributed by atoms with E-state index in [0.717, 1.165) is 38.5 Å². The summed E-state index contributed by atoms with van der Waals surface area (Å²) >= 11 is 0. The first-order valence-corrected chi connectivity index (χ1v) is 14.0. The van der Waals surface area contributed by atoms with Gasteiger partial charge in [0.05, 0.1) is 16.2 Å².